The van der Waals surface area contributed by atoms with Gasteiger partial charge in [-0.15, -0.1) is 0 Å². The molecule has 0 saturated carbocycles. The van der Waals surface area contributed by atoms with E-state index in [9.17, 15) is 0 Å². The van der Waals surface area contributed by atoms with Crippen molar-refractivity contribution in [2.45, 2.75) is 27.7 Å². The van der Waals surface area contributed by atoms with Gasteiger partial charge in [0.2, 0.25) is 17.8 Å². The molecule has 2 heterocycles. The molecule has 0 saturated heterocycles. The molecule has 0 fully saturated rings. The summed E-state index contributed by atoms with van der Waals surface area (Å²) in [6.45, 7) is 10.3. The van der Waals surface area contributed by atoms with Gasteiger partial charge in [0.05, 0.1) is 11.0 Å². The Morgan fingerprint density at radius 2 is 1.14 bits per heavy atom. The van der Waals surface area contributed by atoms with Gasteiger partial charge in [-0.1, -0.05) is 64.1 Å². The average Bonchev–Trinajstić information content (AvgIpc) is 3.05. The van der Waals surface area contributed by atoms with Crippen LogP contribution in [0.2, 0.25) is 0 Å². The van der Waals surface area contributed by atoms with Crippen LogP contribution in [0.4, 0.5) is 11.9 Å². The third-order valence-electron chi connectivity index (χ3n) is 4.74. The number of anilines is 2. The predicted molar refractivity (Wildman–Crippen MR) is 121 cm³/mol. The minimum Gasteiger partial charge on any atom is -0.354 e. The second kappa shape index (κ2) is 8.07. The third kappa shape index (κ3) is 4.01. The lowest BCUT2D eigenvalue weighted by Gasteiger charge is -2.13. The maximum atomic E-state index is 4.76. The van der Waals surface area contributed by atoms with Crippen LogP contribution in [0.15, 0.2) is 48.5 Å². The molecule has 0 radical (unpaired) electrons. The predicted octanol–water partition coefficient (Wildman–Crippen LogP) is 5.10. The van der Waals surface area contributed by atoms with Crippen molar-refractivity contribution >= 4 is 33.7 Å². The van der Waals surface area contributed by atoms with E-state index in [1.807, 2.05) is 0 Å². The van der Waals surface area contributed by atoms with E-state index in [4.69, 9.17) is 9.97 Å². The lowest BCUT2D eigenvalue weighted by atomic mass is 10.2. The van der Waals surface area contributed by atoms with Crippen LogP contribution in [0.1, 0.15) is 27.7 Å². The lowest BCUT2D eigenvalue weighted by molar-refractivity contribution is 0.678. The molecule has 0 aliphatic rings. The molecule has 0 atom stereocenters. The Morgan fingerprint density at radius 3 is 1.59 bits per heavy atom. The van der Waals surface area contributed by atoms with Crippen LogP contribution >= 0.6 is 0 Å². The molecule has 2 N–H and O–H groups in total. The zero-order valence-corrected chi connectivity index (χ0v) is 17.5. The van der Waals surface area contributed by atoms with E-state index in [1.54, 1.807) is 0 Å². The summed E-state index contributed by atoms with van der Waals surface area (Å²) >= 11 is 0. The summed E-state index contributed by atoms with van der Waals surface area (Å²) in [5.74, 6) is 2.80. The van der Waals surface area contributed by atoms with Crippen LogP contribution < -0.4 is 10.6 Å². The standard InChI is InChI=1S/C23H28N6/c1-15(2)13-24-21-26-22(25-14-16(3)4)28-23(27-21)29-19-11-7-5-9-17(19)18-10-6-8-12-20(18)29/h5-12,15-16H,13-14H2,1-4H3,(H2,24,25,26,27,28). The molecule has 0 unspecified atom stereocenters. The van der Waals surface area contributed by atoms with Gasteiger partial charge in [-0.3, -0.25) is 4.57 Å². The fourth-order valence-corrected chi connectivity index (χ4v) is 3.35. The van der Waals surface area contributed by atoms with Crippen molar-refractivity contribution < 1.29 is 0 Å². The van der Waals surface area contributed by atoms with E-state index >= 15 is 0 Å². The molecule has 0 aliphatic carbocycles. The molecular formula is C23H28N6. The average molecular weight is 389 g/mol. The van der Waals surface area contributed by atoms with Crippen molar-refractivity contribution in [1.82, 2.24) is 19.5 Å². The zero-order chi connectivity index (χ0) is 20.4. The first-order valence-electron chi connectivity index (χ1n) is 10.3. The maximum absolute atomic E-state index is 4.76. The highest BCUT2D eigenvalue weighted by Gasteiger charge is 2.16. The monoisotopic (exact) mass is 388 g/mol. The largest absolute Gasteiger partial charge is 0.354 e. The number of para-hydroxylation sites is 2. The highest BCUT2D eigenvalue weighted by molar-refractivity contribution is 6.08. The number of hydrogen-bond donors (Lipinski definition) is 2. The summed E-state index contributed by atoms with van der Waals surface area (Å²) < 4.78 is 2.12. The van der Waals surface area contributed by atoms with E-state index in [0.29, 0.717) is 29.7 Å². The molecule has 4 aromatic rings. The minimum atomic E-state index is 0.496. The van der Waals surface area contributed by atoms with Gasteiger partial charge in [-0.05, 0) is 24.0 Å². The van der Waals surface area contributed by atoms with Gasteiger partial charge < -0.3 is 10.6 Å². The van der Waals surface area contributed by atoms with Gasteiger partial charge in [0.15, 0.2) is 0 Å². The summed E-state index contributed by atoms with van der Waals surface area (Å²) in [7, 11) is 0. The van der Waals surface area contributed by atoms with E-state index in [0.717, 1.165) is 24.1 Å². The number of fused-ring (bicyclic) bond motifs is 3. The van der Waals surface area contributed by atoms with Crippen molar-refractivity contribution in [1.29, 1.82) is 0 Å². The van der Waals surface area contributed by atoms with E-state index in [2.05, 4.69) is 96.4 Å². The molecule has 6 heteroatoms. The Bertz CT molecular complexity index is 1050. The molecule has 0 spiro atoms. The molecule has 6 nitrogen and oxygen atoms in total. The van der Waals surface area contributed by atoms with Crippen molar-refractivity contribution in [2.24, 2.45) is 11.8 Å². The summed E-state index contributed by atoms with van der Waals surface area (Å²) in [6.07, 6.45) is 0. The smallest absolute Gasteiger partial charge is 0.241 e. The van der Waals surface area contributed by atoms with Crippen molar-refractivity contribution in [2.75, 3.05) is 23.7 Å². The van der Waals surface area contributed by atoms with Crippen LogP contribution in [-0.4, -0.2) is 32.6 Å². The number of nitrogens with one attached hydrogen (secondary N) is 2. The highest BCUT2D eigenvalue weighted by Crippen LogP contribution is 2.31. The molecule has 2 aromatic carbocycles. The molecule has 4 rings (SSSR count). The summed E-state index contributed by atoms with van der Waals surface area (Å²) in [6, 6.07) is 16.7. The fourth-order valence-electron chi connectivity index (χ4n) is 3.35. The molecule has 150 valence electrons. The molecular weight excluding hydrogens is 360 g/mol. The normalized spacial score (nSPS) is 11.7. The Morgan fingerprint density at radius 1 is 0.690 bits per heavy atom. The quantitative estimate of drug-likeness (QED) is 0.461. The number of rotatable bonds is 7. The fraction of sp³-hybridized carbons (Fsp3) is 0.348. The first kappa shape index (κ1) is 19.2. The second-order valence-electron chi connectivity index (χ2n) is 8.20. The molecule has 0 amide bonds. The summed E-state index contributed by atoms with van der Waals surface area (Å²) in [4.78, 5) is 14.1. The van der Waals surface area contributed by atoms with E-state index in [1.165, 1.54) is 10.8 Å². The van der Waals surface area contributed by atoms with Crippen LogP contribution in [0.25, 0.3) is 27.8 Å². The number of aromatic nitrogens is 4. The number of benzene rings is 2. The van der Waals surface area contributed by atoms with Crippen LogP contribution in [0.5, 0.6) is 0 Å². The van der Waals surface area contributed by atoms with Gasteiger partial charge in [0, 0.05) is 23.9 Å². The maximum Gasteiger partial charge on any atom is 0.241 e. The Labute approximate surface area is 171 Å². The van der Waals surface area contributed by atoms with Gasteiger partial charge >= 0.3 is 0 Å². The van der Waals surface area contributed by atoms with Crippen LogP contribution in [0, 0.1) is 11.8 Å². The van der Waals surface area contributed by atoms with Crippen LogP contribution in [0.3, 0.4) is 0 Å². The molecule has 0 bridgehead atoms. The number of nitrogens with zero attached hydrogens (tertiary/aromatic N) is 4. The topological polar surface area (TPSA) is 67.7 Å². The first-order chi connectivity index (χ1) is 14.0. The third-order valence-corrected chi connectivity index (χ3v) is 4.74. The summed E-state index contributed by atoms with van der Waals surface area (Å²) in [5.41, 5.74) is 2.18. The lowest BCUT2D eigenvalue weighted by Crippen LogP contribution is -2.17. The van der Waals surface area contributed by atoms with Gasteiger partial charge in [-0.25, -0.2) is 0 Å². The minimum absolute atomic E-state index is 0.496. The highest BCUT2D eigenvalue weighted by atomic mass is 15.3. The SMILES string of the molecule is CC(C)CNc1nc(NCC(C)C)nc(-n2c3ccccc3c3ccccc32)n1. The van der Waals surface area contributed by atoms with Gasteiger partial charge in [0.1, 0.15) is 0 Å². The van der Waals surface area contributed by atoms with Gasteiger partial charge in [-0.2, -0.15) is 15.0 Å². The first-order valence-corrected chi connectivity index (χ1v) is 10.3. The van der Waals surface area contributed by atoms with Crippen molar-refractivity contribution in [3.8, 4) is 5.95 Å². The van der Waals surface area contributed by atoms with E-state index in [-0.39, 0.29) is 0 Å². The van der Waals surface area contributed by atoms with E-state index < -0.39 is 0 Å². The second-order valence-corrected chi connectivity index (χ2v) is 8.20. The molecule has 2 aromatic heterocycles. The number of hydrogen-bond acceptors (Lipinski definition) is 5. The zero-order valence-electron chi connectivity index (χ0n) is 17.5. The Balaban J connectivity index is 1.88. The van der Waals surface area contributed by atoms with Crippen molar-refractivity contribution in [3.63, 3.8) is 0 Å². The molecule has 29 heavy (non-hydrogen) atoms. The summed E-state index contributed by atoms with van der Waals surface area (Å²) in [5, 5.41) is 9.09. The van der Waals surface area contributed by atoms with Crippen molar-refractivity contribution in [3.05, 3.63) is 48.5 Å². The Hall–Kier alpha value is -3.15. The van der Waals surface area contributed by atoms with Gasteiger partial charge in [0.25, 0.3) is 0 Å². The van der Waals surface area contributed by atoms with Crippen LogP contribution in [-0.2, 0) is 0 Å². The molecule has 0 aliphatic heterocycles. The Kier molecular flexibility index (Phi) is 5.34.